The SMILES string of the molecule is CCOC(=O)CCCc1ccc(Cl)c(F)c1. The van der Waals surface area contributed by atoms with Gasteiger partial charge in [-0.25, -0.2) is 4.39 Å². The molecule has 88 valence electrons. The molecule has 0 heterocycles. The normalized spacial score (nSPS) is 10.2. The van der Waals surface area contributed by atoms with Crippen molar-refractivity contribution in [3.05, 3.63) is 34.6 Å². The third kappa shape index (κ3) is 4.19. The van der Waals surface area contributed by atoms with E-state index in [1.165, 1.54) is 12.1 Å². The number of hydrogen-bond acceptors (Lipinski definition) is 2. The first-order chi connectivity index (χ1) is 7.63. The van der Waals surface area contributed by atoms with E-state index in [0.29, 0.717) is 25.9 Å². The Morgan fingerprint density at radius 2 is 2.25 bits per heavy atom. The summed E-state index contributed by atoms with van der Waals surface area (Å²) in [5.41, 5.74) is 0.839. The molecule has 0 bridgehead atoms. The van der Waals surface area contributed by atoms with Crippen LogP contribution in [0.1, 0.15) is 25.3 Å². The molecular weight excluding hydrogens is 231 g/mol. The standard InChI is InChI=1S/C12H14ClFO2/c1-2-16-12(15)5-3-4-9-6-7-10(13)11(14)8-9/h6-8H,2-5H2,1H3. The summed E-state index contributed by atoms with van der Waals surface area (Å²) in [5, 5.41) is 0.120. The summed E-state index contributed by atoms with van der Waals surface area (Å²) < 4.78 is 17.9. The van der Waals surface area contributed by atoms with E-state index in [0.717, 1.165) is 5.56 Å². The van der Waals surface area contributed by atoms with Gasteiger partial charge in [0, 0.05) is 6.42 Å². The van der Waals surface area contributed by atoms with Gasteiger partial charge in [-0.05, 0) is 37.5 Å². The van der Waals surface area contributed by atoms with Gasteiger partial charge in [0.2, 0.25) is 0 Å². The molecule has 1 rings (SSSR count). The average Bonchev–Trinajstić information content (AvgIpc) is 2.24. The monoisotopic (exact) mass is 244 g/mol. The van der Waals surface area contributed by atoms with Crippen LogP contribution in [-0.2, 0) is 16.0 Å². The lowest BCUT2D eigenvalue weighted by Gasteiger charge is -2.03. The minimum atomic E-state index is -0.421. The molecule has 0 atom stereocenters. The molecule has 4 heteroatoms. The third-order valence-corrected chi connectivity index (χ3v) is 2.44. The smallest absolute Gasteiger partial charge is 0.305 e. The van der Waals surface area contributed by atoms with Gasteiger partial charge in [0.1, 0.15) is 5.82 Å². The fourth-order valence-corrected chi connectivity index (χ4v) is 1.48. The number of aryl methyl sites for hydroxylation is 1. The Balaban J connectivity index is 2.37. The van der Waals surface area contributed by atoms with E-state index in [1.54, 1.807) is 13.0 Å². The largest absolute Gasteiger partial charge is 0.466 e. The Labute approximate surface area is 99.4 Å². The number of ether oxygens (including phenoxy) is 1. The maximum absolute atomic E-state index is 13.1. The summed E-state index contributed by atoms with van der Waals surface area (Å²) in [5.74, 6) is -0.632. The molecule has 0 saturated heterocycles. The second-order valence-corrected chi connectivity index (χ2v) is 3.81. The average molecular weight is 245 g/mol. The molecule has 0 amide bonds. The first kappa shape index (κ1) is 13.0. The van der Waals surface area contributed by atoms with Gasteiger partial charge in [-0.1, -0.05) is 17.7 Å². The first-order valence-electron chi connectivity index (χ1n) is 5.23. The van der Waals surface area contributed by atoms with Gasteiger partial charge in [0.15, 0.2) is 0 Å². The summed E-state index contributed by atoms with van der Waals surface area (Å²) >= 11 is 5.56. The maximum Gasteiger partial charge on any atom is 0.305 e. The number of carbonyl (C=O) groups excluding carboxylic acids is 1. The fourth-order valence-electron chi connectivity index (χ4n) is 1.37. The van der Waals surface area contributed by atoms with Crippen LogP contribution in [0.5, 0.6) is 0 Å². The number of carbonyl (C=O) groups is 1. The zero-order valence-electron chi connectivity index (χ0n) is 9.13. The van der Waals surface area contributed by atoms with Crippen LogP contribution >= 0.6 is 11.6 Å². The Morgan fingerprint density at radius 1 is 1.50 bits per heavy atom. The Morgan fingerprint density at radius 3 is 2.88 bits per heavy atom. The van der Waals surface area contributed by atoms with Crippen LogP contribution in [0.25, 0.3) is 0 Å². The van der Waals surface area contributed by atoms with Gasteiger partial charge >= 0.3 is 5.97 Å². The highest BCUT2D eigenvalue weighted by Crippen LogP contribution is 2.16. The molecule has 0 fully saturated rings. The van der Waals surface area contributed by atoms with Gasteiger partial charge in [-0.3, -0.25) is 4.79 Å². The molecule has 1 aromatic carbocycles. The van der Waals surface area contributed by atoms with Crippen molar-refractivity contribution in [3.63, 3.8) is 0 Å². The maximum atomic E-state index is 13.1. The molecule has 16 heavy (non-hydrogen) atoms. The van der Waals surface area contributed by atoms with Crippen molar-refractivity contribution >= 4 is 17.6 Å². The van der Waals surface area contributed by atoms with E-state index >= 15 is 0 Å². The Kier molecular flexibility index (Phi) is 5.26. The van der Waals surface area contributed by atoms with E-state index in [-0.39, 0.29) is 11.0 Å². The zero-order chi connectivity index (χ0) is 12.0. The van der Waals surface area contributed by atoms with Crippen LogP contribution in [0.15, 0.2) is 18.2 Å². The molecule has 1 aromatic rings. The van der Waals surface area contributed by atoms with Crippen molar-refractivity contribution in [2.75, 3.05) is 6.61 Å². The second-order valence-electron chi connectivity index (χ2n) is 3.41. The molecule has 0 unspecified atom stereocenters. The topological polar surface area (TPSA) is 26.3 Å². The molecule has 0 radical (unpaired) electrons. The zero-order valence-corrected chi connectivity index (χ0v) is 9.89. The number of halogens is 2. The van der Waals surface area contributed by atoms with Crippen LogP contribution in [-0.4, -0.2) is 12.6 Å². The third-order valence-electron chi connectivity index (χ3n) is 2.14. The minimum Gasteiger partial charge on any atom is -0.466 e. The highest BCUT2D eigenvalue weighted by molar-refractivity contribution is 6.30. The van der Waals surface area contributed by atoms with Crippen molar-refractivity contribution in [2.24, 2.45) is 0 Å². The predicted octanol–water partition coefficient (Wildman–Crippen LogP) is 3.36. The van der Waals surface area contributed by atoms with Crippen LogP contribution in [0, 0.1) is 5.82 Å². The number of hydrogen-bond donors (Lipinski definition) is 0. The first-order valence-corrected chi connectivity index (χ1v) is 5.61. The lowest BCUT2D eigenvalue weighted by Crippen LogP contribution is -2.04. The molecule has 0 spiro atoms. The quantitative estimate of drug-likeness (QED) is 0.743. The predicted molar refractivity (Wildman–Crippen MR) is 61.0 cm³/mol. The van der Waals surface area contributed by atoms with E-state index in [2.05, 4.69) is 0 Å². The lowest BCUT2D eigenvalue weighted by atomic mass is 10.1. The Hall–Kier alpha value is -1.09. The summed E-state index contributed by atoms with van der Waals surface area (Å²) in [6.45, 7) is 2.17. The minimum absolute atomic E-state index is 0.120. The van der Waals surface area contributed by atoms with E-state index in [9.17, 15) is 9.18 Å². The summed E-state index contributed by atoms with van der Waals surface area (Å²) in [6, 6.07) is 4.68. The van der Waals surface area contributed by atoms with Crippen molar-refractivity contribution in [1.29, 1.82) is 0 Å². The second kappa shape index (κ2) is 6.48. The van der Waals surface area contributed by atoms with Gasteiger partial charge in [-0.2, -0.15) is 0 Å². The van der Waals surface area contributed by atoms with Crippen LogP contribution < -0.4 is 0 Å². The van der Waals surface area contributed by atoms with Crippen molar-refractivity contribution < 1.29 is 13.9 Å². The summed E-state index contributed by atoms with van der Waals surface area (Å²) in [7, 11) is 0. The fraction of sp³-hybridized carbons (Fsp3) is 0.417. The van der Waals surface area contributed by atoms with Gasteiger partial charge in [0.05, 0.1) is 11.6 Å². The molecule has 0 N–H and O–H groups in total. The molecule has 0 aliphatic rings. The Bertz CT molecular complexity index is 366. The summed E-state index contributed by atoms with van der Waals surface area (Å²) in [6.07, 6.45) is 1.66. The molecule has 0 aliphatic heterocycles. The van der Waals surface area contributed by atoms with Crippen LogP contribution in [0.3, 0.4) is 0 Å². The highest BCUT2D eigenvalue weighted by Gasteiger charge is 2.04. The van der Waals surface area contributed by atoms with Gasteiger partial charge < -0.3 is 4.74 Å². The van der Waals surface area contributed by atoms with Gasteiger partial charge in [-0.15, -0.1) is 0 Å². The number of rotatable bonds is 5. The van der Waals surface area contributed by atoms with Crippen molar-refractivity contribution in [1.82, 2.24) is 0 Å². The molecule has 0 saturated carbocycles. The van der Waals surface area contributed by atoms with Crippen molar-refractivity contribution in [3.8, 4) is 0 Å². The van der Waals surface area contributed by atoms with E-state index in [1.807, 2.05) is 0 Å². The van der Waals surface area contributed by atoms with Crippen LogP contribution in [0.4, 0.5) is 4.39 Å². The lowest BCUT2D eigenvalue weighted by molar-refractivity contribution is -0.143. The summed E-state index contributed by atoms with van der Waals surface area (Å²) in [4.78, 5) is 11.0. The van der Waals surface area contributed by atoms with Crippen LogP contribution in [0.2, 0.25) is 5.02 Å². The van der Waals surface area contributed by atoms with Crippen molar-refractivity contribution in [2.45, 2.75) is 26.2 Å². The van der Waals surface area contributed by atoms with E-state index in [4.69, 9.17) is 16.3 Å². The molecule has 0 aromatic heterocycles. The van der Waals surface area contributed by atoms with E-state index < -0.39 is 5.82 Å². The molecule has 2 nitrogen and oxygen atoms in total. The highest BCUT2D eigenvalue weighted by atomic mass is 35.5. The molecular formula is C12H14ClFO2. The molecule has 0 aliphatic carbocycles. The number of esters is 1. The number of benzene rings is 1. The van der Waals surface area contributed by atoms with Gasteiger partial charge in [0.25, 0.3) is 0 Å².